The smallest absolute Gasteiger partial charge is 0.291 e. The topological polar surface area (TPSA) is 88.7 Å². The fraction of sp³-hybridized carbons (Fsp3) is 0.118. The number of rotatable bonds is 5. The van der Waals surface area contributed by atoms with Crippen LogP contribution in [0.2, 0.25) is 0 Å². The number of thioether (sulfide) groups is 1. The van der Waals surface area contributed by atoms with E-state index in [-0.39, 0.29) is 11.7 Å². The third kappa shape index (κ3) is 3.16. The van der Waals surface area contributed by atoms with Crippen LogP contribution in [-0.2, 0) is 12.8 Å². The second kappa shape index (κ2) is 6.48. The van der Waals surface area contributed by atoms with Gasteiger partial charge in [0.15, 0.2) is 10.9 Å². The van der Waals surface area contributed by atoms with Crippen molar-refractivity contribution in [2.75, 3.05) is 5.32 Å². The summed E-state index contributed by atoms with van der Waals surface area (Å²) in [6, 6.07) is 9.09. The number of aromatic nitrogens is 4. The second-order valence-corrected chi connectivity index (χ2v) is 6.41. The number of H-pyrrole nitrogens is 1. The number of hydrogen-bond acceptors (Lipinski definition) is 5. The predicted molar refractivity (Wildman–Crippen MR) is 95.5 cm³/mol. The molecule has 126 valence electrons. The van der Waals surface area contributed by atoms with Crippen LogP contribution in [-0.4, -0.2) is 25.7 Å². The highest BCUT2D eigenvalue weighted by molar-refractivity contribution is 7.98. The Kier molecular flexibility index (Phi) is 4.02. The molecule has 3 heterocycles. The van der Waals surface area contributed by atoms with Crippen LogP contribution in [0.25, 0.3) is 10.9 Å². The summed E-state index contributed by atoms with van der Waals surface area (Å²) in [6.07, 6.45) is 5.35. The molecule has 7 nitrogen and oxygen atoms in total. The van der Waals surface area contributed by atoms with Crippen LogP contribution in [0.3, 0.4) is 0 Å². The highest BCUT2D eigenvalue weighted by atomic mass is 32.2. The van der Waals surface area contributed by atoms with E-state index in [0.29, 0.717) is 11.4 Å². The molecule has 1 amide bonds. The number of nitrogens with zero attached hydrogens (tertiary/aromatic N) is 3. The van der Waals surface area contributed by atoms with Crippen LogP contribution in [0.1, 0.15) is 16.3 Å². The highest BCUT2D eigenvalue weighted by Crippen LogP contribution is 2.24. The van der Waals surface area contributed by atoms with E-state index in [1.165, 1.54) is 0 Å². The van der Waals surface area contributed by atoms with Gasteiger partial charge in [-0.15, -0.1) is 0 Å². The Hall–Kier alpha value is -3.00. The van der Waals surface area contributed by atoms with E-state index in [1.807, 2.05) is 42.1 Å². The number of aryl methyl sites for hydroxylation is 1. The standard InChI is InChI=1S/C17H15N5O2S/c1-22-8-7-18-17(22)25-10-12-5-6-14(24-12)16(23)20-13-4-2-3-11-9-19-21-15(11)13/h2-9H,10H2,1H3,(H,19,21)(H,20,23). The maximum absolute atomic E-state index is 12.4. The van der Waals surface area contributed by atoms with Crippen LogP contribution >= 0.6 is 11.8 Å². The summed E-state index contributed by atoms with van der Waals surface area (Å²) in [5, 5.41) is 11.6. The summed E-state index contributed by atoms with van der Waals surface area (Å²) in [6.45, 7) is 0. The van der Waals surface area contributed by atoms with Gasteiger partial charge in [0, 0.05) is 24.8 Å². The van der Waals surface area contributed by atoms with E-state index in [2.05, 4.69) is 20.5 Å². The van der Waals surface area contributed by atoms with Crippen molar-refractivity contribution in [3.8, 4) is 0 Å². The number of nitrogens with one attached hydrogen (secondary N) is 2. The van der Waals surface area contributed by atoms with Crippen LogP contribution in [0.5, 0.6) is 0 Å². The van der Waals surface area contributed by atoms with Crippen molar-refractivity contribution >= 4 is 34.3 Å². The minimum absolute atomic E-state index is 0.270. The Balaban J connectivity index is 1.45. The summed E-state index contributed by atoms with van der Waals surface area (Å²) >= 11 is 1.55. The fourth-order valence-corrected chi connectivity index (χ4v) is 3.29. The number of aromatic amines is 1. The highest BCUT2D eigenvalue weighted by Gasteiger charge is 2.14. The molecule has 0 aliphatic rings. The summed E-state index contributed by atoms with van der Waals surface area (Å²) in [4.78, 5) is 16.7. The predicted octanol–water partition coefficient (Wildman–Crippen LogP) is 3.43. The summed E-state index contributed by atoms with van der Waals surface area (Å²) in [5.74, 6) is 1.30. The summed E-state index contributed by atoms with van der Waals surface area (Å²) in [7, 11) is 1.94. The average molecular weight is 353 g/mol. The molecule has 0 aliphatic carbocycles. The second-order valence-electron chi connectivity index (χ2n) is 5.47. The minimum atomic E-state index is -0.296. The fourth-order valence-electron chi connectivity index (χ4n) is 2.46. The lowest BCUT2D eigenvalue weighted by molar-refractivity contribution is 0.0995. The van der Waals surface area contributed by atoms with Crippen LogP contribution in [0.4, 0.5) is 5.69 Å². The molecule has 0 unspecified atom stereocenters. The average Bonchev–Trinajstić information content (AvgIpc) is 3.34. The lowest BCUT2D eigenvalue weighted by Crippen LogP contribution is -2.11. The first-order valence-corrected chi connectivity index (χ1v) is 8.61. The first-order valence-electron chi connectivity index (χ1n) is 7.63. The van der Waals surface area contributed by atoms with Crippen molar-refractivity contribution < 1.29 is 9.21 Å². The van der Waals surface area contributed by atoms with Gasteiger partial charge in [0.05, 0.1) is 23.2 Å². The van der Waals surface area contributed by atoms with Gasteiger partial charge in [0.2, 0.25) is 0 Å². The molecule has 8 heteroatoms. The van der Waals surface area contributed by atoms with Gasteiger partial charge in [-0.2, -0.15) is 5.10 Å². The molecular weight excluding hydrogens is 338 g/mol. The van der Waals surface area contributed by atoms with E-state index < -0.39 is 0 Å². The lowest BCUT2D eigenvalue weighted by atomic mass is 10.2. The molecule has 0 spiro atoms. The Morgan fingerprint density at radius 1 is 1.36 bits per heavy atom. The Morgan fingerprint density at radius 2 is 2.28 bits per heavy atom. The number of fused-ring (bicyclic) bond motifs is 1. The largest absolute Gasteiger partial charge is 0.455 e. The number of para-hydroxylation sites is 1. The van der Waals surface area contributed by atoms with Gasteiger partial charge in [0.1, 0.15) is 5.76 Å². The number of hydrogen-bond donors (Lipinski definition) is 2. The van der Waals surface area contributed by atoms with Gasteiger partial charge in [-0.05, 0) is 18.2 Å². The number of imidazole rings is 1. The number of carbonyl (C=O) groups excluding carboxylic acids is 1. The molecule has 0 saturated heterocycles. The molecule has 3 aromatic heterocycles. The van der Waals surface area contributed by atoms with Crippen LogP contribution in [0, 0.1) is 0 Å². The zero-order chi connectivity index (χ0) is 17.2. The Morgan fingerprint density at radius 3 is 3.12 bits per heavy atom. The van der Waals surface area contributed by atoms with Crippen molar-refractivity contribution in [2.45, 2.75) is 10.9 Å². The van der Waals surface area contributed by atoms with E-state index in [4.69, 9.17) is 4.42 Å². The molecule has 0 atom stereocenters. The number of anilines is 1. The van der Waals surface area contributed by atoms with E-state index in [9.17, 15) is 4.79 Å². The molecule has 0 aliphatic heterocycles. The van der Waals surface area contributed by atoms with E-state index in [0.717, 1.165) is 21.8 Å². The molecule has 1 aromatic carbocycles. The quantitative estimate of drug-likeness (QED) is 0.537. The first-order chi connectivity index (χ1) is 12.2. The van der Waals surface area contributed by atoms with Crippen molar-refractivity contribution in [2.24, 2.45) is 7.05 Å². The zero-order valence-electron chi connectivity index (χ0n) is 13.4. The zero-order valence-corrected chi connectivity index (χ0v) is 14.2. The molecule has 4 rings (SSSR count). The Labute approximate surface area is 147 Å². The van der Waals surface area contributed by atoms with Crippen LogP contribution < -0.4 is 5.32 Å². The number of amides is 1. The van der Waals surface area contributed by atoms with Crippen molar-refractivity contribution in [3.05, 3.63) is 60.4 Å². The lowest BCUT2D eigenvalue weighted by Gasteiger charge is -2.04. The van der Waals surface area contributed by atoms with Crippen molar-refractivity contribution in [1.29, 1.82) is 0 Å². The number of carbonyl (C=O) groups is 1. The van der Waals surface area contributed by atoms with Gasteiger partial charge in [-0.1, -0.05) is 23.9 Å². The third-order valence-corrected chi connectivity index (χ3v) is 4.81. The van der Waals surface area contributed by atoms with E-state index >= 15 is 0 Å². The molecule has 0 bridgehead atoms. The van der Waals surface area contributed by atoms with E-state index in [1.54, 1.807) is 30.2 Å². The number of furan rings is 1. The molecule has 0 fully saturated rings. The molecule has 25 heavy (non-hydrogen) atoms. The van der Waals surface area contributed by atoms with Crippen LogP contribution in [0.15, 0.2) is 58.5 Å². The maximum Gasteiger partial charge on any atom is 0.291 e. The molecule has 2 N–H and O–H groups in total. The minimum Gasteiger partial charge on any atom is -0.455 e. The molecule has 4 aromatic rings. The van der Waals surface area contributed by atoms with Gasteiger partial charge < -0.3 is 14.3 Å². The van der Waals surface area contributed by atoms with Crippen molar-refractivity contribution in [1.82, 2.24) is 19.7 Å². The normalized spacial score (nSPS) is 11.1. The summed E-state index contributed by atoms with van der Waals surface area (Å²) in [5.41, 5.74) is 1.45. The summed E-state index contributed by atoms with van der Waals surface area (Å²) < 4.78 is 7.59. The van der Waals surface area contributed by atoms with Gasteiger partial charge in [0.25, 0.3) is 5.91 Å². The molecular formula is C17H15N5O2S. The Bertz CT molecular complexity index is 1030. The SMILES string of the molecule is Cn1ccnc1SCc1ccc(C(=O)Nc2cccc3cn[nH]c23)o1. The van der Waals surface area contributed by atoms with Crippen molar-refractivity contribution in [3.63, 3.8) is 0 Å². The monoisotopic (exact) mass is 353 g/mol. The van der Waals surface area contributed by atoms with Gasteiger partial charge >= 0.3 is 0 Å². The first kappa shape index (κ1) is 15.5. The third-order valence-electron chi connectivity index (χ3n) is 3.73. The van der Waals surface area contributed by atoms with Gasteiger partial charge in [-0.3, -0.25) is 9.89 Å². The number of benzene rings is 1. The molecule has 0 saturated carbocycles. The maximum atomic E-state index is 12.4. The van der Waals surface area contributed by atoms with Gasteiger partial charge in [-0.25, -0.2) is 4.98 Å². The molecule has 0 radical (unpaired) electrons.